The minimum Gasteiger partial charge on any atom is -0.555 e. The van der Waals surface area contributed by atoms with Crippen LogP contribution in [0.3, 0.4) is 0 Å². The second kappa shape index (κ2) is 9.82. The summed E-state index contributed by atoms with van der Waals surface area (Å²) in [6.45, 7) is 0.684. The highest BCUT2D eigenvalue weighted by Gasteiger charge is 2.49. The number of methoxy groups -OCH3 is 1. The lowest BCUT2D eigenvalue weighted by Gasteiger charge is -2.39. The standard InChI is InChI=1S/C26H26O12/c1-10(28)15-8-13-20-17(35-15)6-12(29)7-18(20)36-24(11-3-4-14(30)16(5-11)34-2)25(13)38-26-23(33)22(32)21(31)19(9-27)37-26/h3-8,15,19,21-23,26-27,29-33H,9H2,1-2H3/p+1/t15?,19-,21-,22+,23-,26+/m1/s1. The van der Waals surface area contributed by atoms with Crippen LogP contribution < -0.4 is 14.2 Å². The number of benzene rings is 2. The van der Waals surface area contributed by atoms with E-state index in [1.54, 1.807) is 0 Å². The van der Waals surface area contributed by atoms with Crippen LogP contribution in [-0.4, -0.2) is 91.7 Å². The fourth-order valence-electron chi connectivity index (χ4n) is 4.56. The molecule has 0 bridgehead atoms. The molecule has 0 saturated carbocycles. The summed E-state index contributed by atoms with van der Waals surface area (Å²) < 4.78 is 27.3. The first-order chi connectivity index (χ1) is 18.1. The molecule has 6 atom stereocenters. The molecule has 5 rings (SSSR count). The van der Waals surface area contributed by atoms with Crippen LogP contribution in [0.2, 0.25) is 0 Å². The van der Waals surface area contributed by atoms with Gasteiger partial charge in [0.2, 0.25) is 5.76 Å². The third kappa shape index (κ3) is 4.31. The Hall–Kier alpha value is -3.81. The number of allylic oxidation sites excluding steroid dienone is 1. The van der Waals surface area contributed by atoms with Gasteiger partial charge in [0.1, 0.15) is 35.6 Å². The Bertz CT molecular complexity index is 1330. The van der Waals surface area contributed by atoms with Crippen molar-refractivity contribution < 1.29 is 59.1 Å². The number of ether oxygens (including phenoxy) is 5. The Morgan fingerprint density at radius 2 is 1.79 bits per heavy atom. The van der Waals surface area contributed by atoms with E-state index in [-0.39, 0.29) is 46.0 Å². The number of hydrogen-bond donors (Lipinski definition) is 6. The number of aliphatic hydroxyl groups excluding tert-OH is 4. The van der Waals surface area contributed by atoms with E-state index in [2.05, 4.69) is 4.74 Å². The number of carbonyl (C=O) groups is 1. The predicted octanol–water partition coefficient (Wildman–Crippen LogP) is -0.0711. The third-order valence-electron chi connectivity index (χ3n) is 6.54. The van der Waals surface area contributed by atoms with E-state index in [1.165, 1.54) is 50.4 Å². The molecule has 12 heteroatoms. The molecule has 1 saturated heterocycles. The maximum Gasteiger partial charge on any atom is 0.326 e. The van der Waals surface area contributed by atoms with Crippen LogP contribution in [0.15, 0.2) is 42.2 Å². The zero-order valence-corrected chi connectivity index (χ0v) is 20.3. The van der Waals surface area contributed by atoms with Crippen LogP contribution >= 0.6 is 0 Å². The maximum absolute atomic E-state index is 12.3. The quantitative estimate of drug-likeness (QED) is 0.274. The summed E-state index contributed by atoms with van der Waals surface area (Å²) in [5, 5.41) is 61.2. The lowest BCUT2D eigenvalue weighted by Crippen LogP contribution is -2.60. The smallest absolute Gasteiger partial charge is 0.326 e. The predicted molar refractivity (Wildman–Crippen MR) is 129 cm³/mol. The van der Waals surface area contributed by atoms with Crippen molar-refractivity contribution in [2.45, 2.75) is 43.7 Å². The van der Waals surface area contributed by atoms with Crippen LogP contribution in [0, 0.1) is 0 Å². The fourth-order valence-corrected chi connectivity index (χ4v) is 4.56. The fraction of sp³-hybridized carbons (Fsp3) is 0.346. The third-order valence-corrected chi connectivity index (χ3v) is 6.54. The van der Waals surface area contributed by atoms with Crippen LogP contribution in [0.1, 0.15) is 18.1 Å². The molecule has 3 aliphatic heterocycles. The summed E-state index contributed by atoms with van der Waals surface area (Å²) in [4.78, 5) is 12.3. The molecular weight excluding hydrogens is 504 g/mol. The minimum absolute atomic E-state index is 0.0797. The SMILES string of the molecule is COc1cc(C2=C([OH+][C@@H]3O[C@H](CO)[C@@H](O)[C@H](O)[C@H]3O)C3=CC(C(C)=O)Oc4cc(O)cc(c43)O2)ccc1O. The number of phenols is 2. The molecule has 2 aromatic carbocycles. The molecule has 3 heterocycles. The van der Waals surface area contributed by atoms with Crippen molar-refractivity contribution in [3.63, 3.8) is 0 Å². The average molecular weight is 531 g/mol. The van der Waals surface area contributed by atoms with Crippen molar-refractivity contribution in [2.24, 2.45) is 0 Å². The Kier molecular flexibility index (Phi) is 6.67. The van der Waals surface area contributed by atoms with Crippen molar-refractivity contribution in [1.82, 2.24) is 0 Å². The molecule has 2 aromatic rings. The van der Waals surface area contributed by atoms with Gasteiger partial charge in [0, 0.05) is 17.7 Å². The number of phenolic OH excluding ortho intramolecular Hbond substituents is 2. The van der Waals surface area contributed by atoms with Gasteiger partial charge in [-0.3, -0.25) is 9.53 Å². The van der Waals surface area contributed by atoms with Gasteiger partial charge in [-0.2, -0.15) is 0 Å². The number of aliphatic hydroxyl groups is 6. The number of rotatable bonds is 6. The van der Waals surface area contributed by atoms with E-state index in [9.17, 15) is 35.4 Å². The van der Waals surface area contributed by atoms with Crippen LogP contribution in [0.4, 0.5) is 0 Å². The van der Waals surface area contributed by atoms with Gasteiger partial charge >= 0.3 is 12.0 Å². The van der Waals surface area contributed by atoms with Gasteiger partial charge in [0.15, 0.2) is 29.5 Å². The van der Waals surface area contributed by atoms with Gasteiger partial charge in [-0.05, 0) is 31.2 Å². The summed E-state index contributed by atoms with van der Waals surface area (Å²) in [6.07, 6.45) is -7.14. The van der Waals surface area contributed by atoms with Crippen LogP contribution in [-0.2, 0) is 9.53 Å². The molecule has 7 N–H and O–H groups in total. The van der Waals surface area contributed by atoms with E-state index in [1.807, 2.05) is 0 Å². The summed E-state index contributed by atoms with van der Waals surface area (Å²) >= 11 is 0. The van der Waals surface area contributed by atoms with Gasteiger partial charge in [0.05, 0.1) is 24.9 Å². The molecule has 12 nitrogen and oxygen atoms in total. The zero-order valence-electron chi connectivity index (χ0n) is 20.3. The lowest BCUT2D eigenvalue weighted by molar-refractivity contribution is -0.330. The number of ketones is 1. The van der Waals surface area contributed by atoms with Crippen molar-refractivity contribution >= 4 is 17.1 Å². The molecule has 202 valence electrons. The zero-order chi connectivity index (χ0) is 27.3. The Morgan fingerprint density at radius 3 is 2.47 bits per heavy atom. The van der Waals surface area contributed by atoms with Crippen LogP contribution in [0.5, 0.6) is 28.7 Å². The first-order valence-corrected chi connectivity index (χ1v) is 11.7. The molecule has 3 aliphatic rings. The summed E-state index contributed by atoms with van der Waals surface area (Å²) in [5.41, 5.74) is 1.09. The van der Waals surface area contributed by atoms with Crippen molar-refractivity contribution in [3.05, 3.63) is 53.3 Å². The monoisotopic (exact) mass is 531 g/mol. The number of hydrogen-bond acceptors (Lipinski definition) is 11. The van der Waals surface area contributed by atoms with E-state index in [4.69, 9.17) is 18.9 Å². The minimum atomic E-state index is -1.68. The second-order valence-corrected chi connectivity index (χ2v) is 9.06. The molecule has 1 unspecified atom stereocenters. The molecule has 0 aliphatic carbocycles. The first kappa shape index (κ1) is 25.8. The van der Waals surface area contributed by atoms with E-state index >= 15 is 0 Å². The largest absolute Gasteiger partial charge is 0.555 e. The second-order valence-electron chi connectivity index (χ2n) is 9.06. The van der Waals surface area contributed by atoms with Gasteiger partial charge < -0.3 is 49.6 Å². The molecule has 0 spiro atoms. The van der Waals surface area contributed by atoms with Gasteiger partial charge in [-0.15, -0.1) is 0 Å². The van der Waals surface area contributed by atoms with Crippen molar-refractivity contribution in [2.75, 3.05) is 13.7 Å². The van der Waals surface area contributed by atoms with Crippen molar-refractivity contribution in [1.29, 1.82) is 0 Å². The Labute approximate surface area is 216 Å². The van der Waals surface area contributed by atoms with E-state index < -0.39 is 43.4 Å². The number of Topliss-reactive ketones (excluding diaryl/α,β-unsaturated/α-hetero) is 1. The molecule has 0 radical (unpaired) electrons. The highest BCUT2D eigenvalue weighted by atomic mass is 16.7. The highest BCUT2D eigenvalue weighted by molar-refractivity contribution is 5.98. The average Bonchev–Trinajstić information content (AvgIpc) is 2.89. The number of aromatic hydroxyl groups is 2. The number of carbonyl (C=O) groups excluding carboxylic acids is 1. The molecule has 38 heavy (non-hydrogen) atoms. The molecule has 0 aromatic heterocycles. The van der Waals surface area contributed by atoms with Crippen LogP contribution in [0.25, 0.3) is 11.3 Å². The van der Waals surface area contributed by atoms with Crippen molar-refractivity contribution in [3.8, 4) is 28.7 Å². The van der Waals surface area contributed by atoms with E-state index in [0.29, 0.717) is 16.7 Å². The summed E-state index contributed by atoms with van der Waals surface area (Å²) in [6, 6.07) is 7.05. The first-order valence-electron chi connectivity index (χ1n) is 11.7. The van der Waals surface area contributed by atoms with E-state index in [0.717, 1.165) is 0 Å². The molecular formula is C26H27O12+. The molecule has 0 amide bonds. The molecule has 1 fully saturated rings. The Morgan fingerprint density at radius 1 is 1.05 bits per heavy atom. The Balaban J connectivity index is 1.70. The highest BCUT2D eigenvalue weighted by Crippen LogP contribution is 2.51. The van der Waals surface area contributed by atoms with Gasteiger partial charge in [0.25, 0.3) is 0 Å². The lowest BCUT2D eigenvalue weighted by atomic mass is 9.92. The van der Waals surface area contributed by atoms with Gasteiger partial charge in [-0.25, -0.2) is 0 Å². The normalized spacial score (nSPS) is 28.0. The van der Waals surface area contributed by atoms with Gasteiger partial charge in [-0.1, -0.05) is 0 Å². The topological polar surface area (TPSA) is 188 Å². The summed E-state index contributed by atoms with van der Waals surface area (Å²) in [7, 11) is 1.37. The summed E-state index contributed by atoms with van der Waals surface area (Å²) in [5.74, 6) is -0.0302. The maximum atomic E-state index is 12.3.